The van der Waals surface area contributed by atoms with Crippen molar-refractivity contribution in [3.8, 4) is 5.75 Å². The van der Waals surface area contributed by atoms with Gasteiger partial charge >= 0.3 is 0 Å². The minimum atomic E-state index is 0.481. The van der Waals surface area contributed by atoms with Crippen LogP contribution in [0.25, 0.3) is 0 Å². The predicted octanol–water partition coefficient (Wildman–Crippen LogP) is 2.60. The van der Waals surface area contributed by atoms with Gasteiger partial charge in [0.2, 0.25) is 0 Å². The summed E-state index contributed by atoms with van der Waals surface area (Å²) in [6.45, 7) is 3.43. The molecule has 0 bridgehead atoms. The van der Waals surface area contributed by atoms with Gasteiger partial charge < -0.3 is 20.1 Å². The number of hydrogen-bond donors (Lipinski definition) is 2. The molecule has 0 spiro atoms. The van der Waals surface area contributed by atoms with Crippen molar-refractivity contribution in [3.63, 3.8) is 0 Å². The van der Waals surface area contributed by atoms with Crippen LogP contribution < -0.4 is 15.4 Å². The first-order chi connectivity index (χ1) is 10.8. The summed E-state index contributed by atoms with van der Waals surface area (Å²) in [7, 11) is 1.70. The molecule has 3 rings (SSSR count). The predicted molar refractivity (Wildman–Crippen MR) is 88.6 cm³/mol. The highest BCUT2D eigenvalue weighted by Crippen LogP contribution is 2.30. The molecule has 2 aliphatic rings. The van der Waals surface area contributed by atoms with E-state index >= 15 is 0 Å². The van der Waals surface area contributed by atoms with Crippen LogP contribution in [-0.4, -0.2) is 39.0 Å². The van der Waals surface area contributed by atoms with Crippen LogP contribution in [0.5, 0.6) is 5.75 Å². The van der Waals surface area contributed by atoms with Gasteiger partial charge in [-0.1, -0.05) is 18.0 Å². The van der Waals surface area contributed by atoms with Gasteiger partial charge in [-0.15, -0.1) is 0 Å². The molecule has 1 aliphatic heterocycles. The Kier molecular flexibility index (Phi) is 5.58. The Labute approximate surface area is 137 Å². The molecule has 2 fully saturated rings. The molecule has 3 atom stereocenters. The molecule has 2 N–H and O–H groups in total. The quantitative estimate of drug-likeness (QED) is 0.873. The van der Waals surface area contributed by atoms with Crippen LogP contribution in [0.3, 0.4) is 0 Å². The fourth-order valence-electron chi connectivity index (χ4n) is 3.71. The zero-order valence-corrected chi connectivity index (χ0v) is 13.9. The average Bonchev–Trinajstić information content (AvgIpc) is 3.02. The summed E-state index contributed by atoms with van der Waals surface area (Å²) < 4.78 is 11.1. The van der Waals surface area contributed by atoms with Gasteiger partial charge in [-0.3, -0.25) is 0 Å². The van der Waals surface area contributed by atoms with Crippen LogP contribution in [0.2, 0.25) is 5.02 Å². The fourth-order valence-corrected chi connectivity index (χ4v) is 3.91. The molecule has 1 aliphatic carbocycles. The maximum absolute atomic E-state index is 6.11. The Hall–Kier alpha value is -0.810. The van der Waals surface area contributed by atoms with Gasteiger partial charge in [0.1, 0.15) is 5.75 Å². The Balaban J connectivity index is 1.61. The van der Waals surface area contributed by atoms with Crippen LogP contribution in [0, 0.1) is 5.92 Å². The van der Waals surface area contributed by atoms with E-state index in [0.29, 0.717) is 18.0 Å². The van der Waals surface area contributed by atoms with Crippen LogP contribution in [0.1, 0.15) is 24.8 Å². The van der Waals surface area contributed by atoms with Crippen molar-refractivity contribution < 1.29 is 9.47 Å². The lowest BCUT2D eigenvalue weighted by molar-refractivity contribution is 0.0524. The van der Waals surface area contributed by atoms with Gasteiger partial charge in [0.15, 0.2) is 0 Å². The van der Waals surface area contributed by atoms with Gasteiger partial charge in [0.25, 0.3) is 0 Å². The maximum atomic E-state index is 6.11. The van der Waals surface area contributed by atoms with Gasteiger partial charge in [-0.25, -0.2) is 0 Å². The van der Waals surface area contributed by atoms with E-state index in [4.69, 9.17) is 21.1 Å². The van der Waals surface area contributed by atoms with Gasteiger partial charge in [0.05, 0.1) is 20.3 Å². The number of ether oxygens (including phenoxy) is 2. The van der Waals surface area contributed by atoms with Gasteiger partial charge in [0, 0.05) is 35.8 Å². The first-order valence-electron chi connectivity index (χ1n) is 8.15. The van der Waals surface area contributed by atoms with Crippen LogP contribution in [0.4, 0.5) is 0 Å². The van der Waals surface area contributed by atoms with Crippen LogP contribution in [-0.2, 0) is 11.3 Å². The van der Waals surface area contributed by atoms with E-state index in [1.54, 1.807) is 7.11 Å². The number of morpholine rings is 1. The highest BCUT2D eigenvalue weighted by atomic mass is 35.5. The number of rotatable bonds is 5. The summed E-state index contributed by atoms with van der Waals surface area (Å²) in [5.41, 5.74) is 1.12. The summed E-state index contributed by atoms with van der Waals surface area (Å²) in [6, 6.07) is 6.80. The van der Waals surface area contributed by atoms with E-state index in [9.17, 15) is 0 Å². The third-order valence-corrected chi connectivity index (χ3v) is 5.07. The Bertz CT molecular complexity index is 492. The molecule has 5 heteroatoms. The zero-order valence-electron chi connectivity index (χ0n) is 13.1. The van der Waals surface area contributed by atoms with E-state index in [2.05, 4.69) is 10.6 Å². The second-order valence-electron chi connectivity index (χ2n) is 6.17. The molecule has 0 amide bonds. The molecule has 4 nitrogen and oxygen atoms in total. The van der Waals surface area contributed by atoms with Crippen LogP contribution >= 0.6 is 11.6 Å². The largest absolute Gasteiger partial charge is 0.496 e. The highest BCUT2D eigenvalue weighted by molar-refractivity contribution is 6.30. The molecule has 3 unspecified atom stereocenters. The number of benzene rings is 1. The molecule has 1 aromatic rings. The van der Waals surface area contributed by atoms with E-state index in [1.165, 1.54) is 19.3 Å². The Morgan fingerprint density at radius 1 is 1.41 bits per heavy atom. The van der Waals surface area contributed by atoms with Crippen molar-refractivity contribution in [2.24, 2.45) is 5.92 Å². The second kappa shape index (κ2) is 7.64. The molecule has 0 radical (unpaired) electrons. The van der Waals surface area contributed by atoms with Crippen molar-refractivity contribution in [3.05, 3.63) is 28.8 Å². The number of halogens is 1. The molecule has 0 aromatic heterocycles. The molecular formula is C17H25ClN2O2. The first-order valence-corrected chi connectivity index (χ1v) is 8.52. The lowest BCUT2D eigenvalue weighted by Gasteiger charge is -2.33. The molecule has 122 valence electrons. The van der Waals surface area contributed by atoms with Gasteiger partial charge in [-0.05, 0) is 37.0 Å². The molecular weight excluding hydrogens is 300 g/mol. The highest BCUT2D eigenvalue weighted by Gasteiger charge is 2.34. The summed E-state index contributed by atoms with van der Waals surface area (Å²) in [5.74, 6) is 1.54. The molecule has 1 heterocycles. The first kappa shape index (κ1) is 16.1. The molecule has 22 heavy (non-hydrogen) atoms. The summed E-state index contributed by atoms with van der Waals surface area (Å²) in [6.07, 6.45) is 3.78. The standard InChI is InChI=1S/C17H25ClN2O2/c1-21-17-6-5-13(18)9-12(17)10-20-15-4-2-3-14(15)16-11-22-8-7-19-16/h5-6,9,14-16,19-20H,2-4,7-8,10-11H2,1H3. The Morgan fingerprint density at radius 2 is 2.32 bits per heavy atom. The topological polar surface area (TPSA) is 42.5 Å². The number of hydrogen-bond acceptors (Lipinski definition) is 4. The summed E-state index contributed by atoms with van der Waals surface area (Å²) in [4.78, 5) is 0. The smallest absolute Gasteiger partial charge is 0.123 e. The normalized spacial score (nSPS) is 28.7. The van der Waals surface area contributed by atoms with Crippen molar-refractivity contribution in [1.29, 1.82) is 0 Å². The third kappa shape index (κ3) is 3.74. The minimum Gasteiger partial charge on any atom is -0.496 e. The SMILES string of the molecule is COc1ccc(Cl)cc1CNC1CCCC1C1COCCN1. The molecule has 1 saturated heterocycles. The van der Waals surface area contributed by atoms with E-state index in [0.717, 1.165) is 42.6 Å². The number of methoxy groups -OCH3 is 1. The second-order valence-corrected chi connectivity index (χ2v) is 6.61. The molecule has 1 aromatic carbocycles. The Morgan fingerprint density at radius 3 is 3.09 bits per heavy atom. The molecule has 1 saturated carbocycles. The lowest BCUT2D eigenvalue weighted by Crippen LogP contribution is -2.50. The average molecular weight is 325 g/mol. The lowest BCUT2D eigenvalue weighted by atomic mass is 9.94. The van der Waals surface area contributed by atoms with Crippen molar-refractivity contribution in [2.75, 3.05) is 26.9 Å². The number of nitrogens with one attached hydrogen (secondary N) is 2. The van der Waals surface area contributed by atoms with Gasteiger partial charge in [-0.2, -0.15) is 0 Å². The zero-order chi connectivity index (χ0) is 15.4. The monoisotopic (exact) mass is 324 g/mol. The van der Waals surface area contributed by atoms with E-state index < -0.39 is 0 Å². The fraction of sp³-hybridized carbons (Fsp3) is 0.647. The maximum Gasteiger partial charge on any atom is 0.123 e. The summed E-state index contributed by atoms with van der Waals surface area (Å²) in [5, 5.41) is 8.08. The van der Waals surface area contributed by atoms with Crippen LogP contribution in [0.15, 0.2) is 18.2 Å². The van der Waals surface area contributed by atoms with Crippen molar-refractivity contribution in [2.45, 2.75) is 37.9 Å². The van der Waals surface area contributed by atoms with Crippen molar-refractivity contribution in [1.82, 2.24) is 10.6 Å². The summed E-state index contributed by atoms with van der Waals surface area (Å²) >= 11 is 6.11. The minimum absolute atomic E-state index is 0.481. The van der Waals surface area contributed by atoms with E-state index in [-0.39, 0.29) is 0 Å². The van der Waals surface area contributed by atoms with E-state index in [1.807, 2.05) is 18.2 Å². The third-order valence-electron chi connectivity index (χ3n) is 4.83. The van der Waals surface area contributed by atoms with Crippen molar-refractivity contribution >= 4 is 11.6 Å².